The second kappa shape index (κ2) is 6.14. The van der Waals surface area contributed by atoms with Gasteiger partial charge in [-0.1, -0.05) is 0 Å². The fraction of sp³-hybridized carbons (Fsp3) is 0.857. The van der Waals surface area contributed by atoms with Gasteiger partial charge in [-0.2, -0.15) is 0 Å². The molecule has 0 saturated heterocycles. The molecule has 0 aromatic carbocycles. The SMILES string of the molecule is [C-]#[N+]CCC[Si](OC)(OC)OC. The molecular weight excluding hydrogens is 174 g/mol. The third kappa shape index (κ3) is 3.32. The van der Waals surface area contributed by atoms with E-state index in [1.807, 2.05) is 0 Å². The first-order valence-corrected chi connectivity index (χ1v) is 5.66. The van der Waals surface area contributed by atoms with Crippen LogP contribution >= 0.6 is 0 Å². The van der Waals surface area contributed by atoms with Gasteiger partial charge in [0, 0.05) is 33.8 Å². The van der Waals surface area contributed by atoms with Crippen LogP contribution in [0, 0.1) is 6.57 Å². The molecule has 0 aromatic rings. The minimum atomic E-state index is -2.40. The lowest BCUT2D eigenvalue weighted by Crippen LogP contribution is -2.42. The van der Waals surface area contributed by atoms with Gasteiger partial charge >= 0.3 is 8.80 Å². The van der Waals surface area contributed by atoms with Crippen molar-refractivity contribution in [3.8, 4) is 0 Å². The van der Waals surface area contributed by atoms with E-state index in [0.717, 1.165) is 6.42 Å². The molecule has 0 aliphatic rings. The van der Waals surface area contributed by atoms with Crippen LogP contribution in [0.3, 0.4) is 0 Å². The Bertz CT molecular complexity index is 145. The van der Waals surface area contributed by atoms with Crippen LogP contribution in [0.4, 0.5) is 0 Å². The molecule has 0 N–H and O–H groups in total. The molecule has 0 aliphatic heterocycles. The maximum absolute atomic E-state index is 6.60. The molecule has 0 unspecified atom stereocenters. The number of hydrogen-bond acceptors (Lipinski definition) is 3. The summed E-state index contributed by atoms with van der Waals surface area (Å²) < 4.78 is 15.5. The van der Waals surface area contributed by atoms with Crippen molar-refractivity contribution in [2.24, 2.45) is 0 Å². The van der Waals surface area contributed by atoms with Crippen molar-refractivity contribution in [3.05, 3.63) is 11.4 Å². The Labute approximate surface area is 74.6 Å². The zero-order valence-corrected chi connectivity index (χ0v) is 8.79. The van der Waals surface area contributed by atoms with Crippen LogP contribution in [0.1, 0.15) is 6.42 Å². The summed E-state index contributed by atoms with van der Waals surface area (Å²) in [6, 6.07) is 0.707. The maximum Gasteiger partial charge on any atom is 0.500 e. The molecule has 0 atom stereocenters. The molecule has 4 nitrogen and oxygen atoms in total. The minimum Gasteiger partial charge on any atom is -0.377 e. The van der Waals surface area contributed by atoms with Crippen molar-refractivity contribution in [1.29, 1.82) is 0 Å². The van der Waals surface area contributed by atoms with Gasteiger partial charge in [0.25, 0.3) is 0 Å². The van der Waals surface area contributed by atoms with E-state index >= 15 is 0 Å². The predicted molar refractivity (Wildman–Crippen MR) is 47.7 cm³/mol. The lowest BCUT2D eigenvalue weighted by molar-refractivity contribution is 0.123. The van der Waals surface area contributed by atoms with E-state index in [0.29, 0.717) is 12.6 Å². The fourth-order valence-corrected chi connectivity index (χ4v) is 2.63. The molecule has 0 spiro atoms. The highest BCUT2D eigenvalue weighted by molar-refractivity contribution is 6.60. The average Bonchev–Trinajstić information content (AvgIpc) is 2.14. The lowest BCUT2D eigenvalue weighted by Gasteiger charge is -2.23. The van der Waals surface area contributed by atoms with E-state index in [-0.39, 0.29) is 0 Å². The molecule has 0 rings (SSSR count). The van der Waals surface area contributed by atoms with E-state index in [9.17, 15) is 0 Å². The Kier molecular flexibility index (Phi) is 5.93. The molecule has 5 heteroatoms. The second-order valence-corrected chi connectivity index (χ2v) is 5.37. The summed E-state index contributed by atoms with van der Waals surface area (Å²) in [5, 5.41) is 0. The summed E-state index contributed by atoms with van der Waals surface area (Å²) in [5.74, 6) is 0. The van der Waals surface area contributed by atoms with E-state index in [4.69, 9.17) is 19.9 Å². The zero-order valence-electron chi connectivity index (χ0n) is 7.79. The first-order valence-electron chi connectivity index (χ1n) is 3.73. The Balaban J connectivity index is 3.86. The highest BCUT2D eigenvalue weighted by Crippen LogP contribution is 2.14. The largest absolute Gasteiger partial charge is 0.500 e. The quantitative estimate of drug-likeness (QED) is 0.357. The number of rotatable bonds is 6. The van der Waals surface area contributed by atoms with Gasteiger partial charge in [0.15, 0.2) is 0 Å². The molecule has 70 valence electrons. The Hall–Kier alpha value is -0.413. The first-order chi connectivity index (χ1) is 5.74. The second-order valence-electron chi connectivity index (χ2n) is 2.28. The summed E-state index contributed by atoms with van der Waals surface area (Å²) in [6.45, 7) is 7.10. The smallest absolute Gasteiger partial charge is 0.377 e. The third-order valence-corrected chi connectivity index (χ3v) is 4.52. The van der Waals surface area contributed by atoms with Crippen LogP contribution < -0.4 is 0 Å². The molecule has 0 aromatic heterocycles. The molecule has 0 aliphatic carbocycles. The molecule has 0 fully saturated rings. The van der Waals surface area contributed by atoms with Crippen molar-refractivity contribution in [1.82, 2.24) is 0 Å². The highest BCUT2D eigenvalue weighted by Gasteiger charge is 2.37. The summed E-state index contributed by atoms with van der Waals surface area (Å²) in [5.41, 5.74) is 0. The summed E-state index contributed by atoms with van der Waals surface area (Å²) >= 11 is 0. The van der Waals surface area contributed by atoms with Crippen LogP contribution in [0.5, 0.6) is 0 Å². The van der Waals surface area contributed by atoms with Gasteiger partial charge in [-0.25, -0.2) is 6.57 Å². The normalized spacial score (nSPS) is 11.2. The molecule has 12 heavy (non-hydrogen) atoms. The van der Waals surface area contributed by atoms with Crippen molar-refractivity contribution in [3.63, 3.8) is 0 Å². The van der Waals surface area contributed by atoms with Crippen molar-refractivity contribution < 1.29 is 13.3 Å². The fourth-order valence-electron chi connectivity index (χ4n) is 0.931. The summed E-state index contributed by atoms with van der Waals surface area (Å²) in [6.07, 6.45) is 0.769. The summed E-state index contributed by atoms with van der Waals surface area (Å²) in [7, 11) is 2.34. The van der Waals surface area contributed by atoms with Gasteiger partial charge in [-0.15, -0.1) is 0 Å². The van der Waals surface area contributed by atoms with Crippen LogP contribution in [0.2, 0.25) is 6.04 Å². The number of nitrogens with zero attached hydrogens (tertiary/aromatic N) is 1. The standard InChI is InChI=1S/C7H15NO3Si/c1-8-6-5-7-12(9-2,10-3)11-4/h5-7H2,2-4H3. The van der Waals surface area contributed by atoms with E-state index < -0.39 is 8.80 Å². The Morgan fingerprint density at radius 2 is 1.67 bits per heavy atom. The molecular formula is C7H15NO3Si. The van der Waals surface area contributed by atoms with Gasteiger partial charge in [0.1, 0.15) is 0 Å². The molecule has 0 saturated carbocycles. The molecule has 0 radical (unpaired) electrons. The average molecular weight is 189 g/mol. The molecule has 0 amide bonds. The van der Waals surface area contributed by atoms with Crippen molar-refractivity contribution in [2.75, 3.05) is 27.9 Å². The summed E-state index contributed by atoms with van der Waals surface area (Å²) in [4.78, 5) is 3.25. The first kappa shape index (κ1) is 11.6. The zero-order chi connectivity index (χ0) is 9.45. The van der Waals surface area contributed by atoms with Gasteiger partial charge < -0.3 is 18.1 Å². The van der Waals surface area contributed by atoms with Crippen LogP contribution in [0.15, 0.2) is 0 Å². The van der Waals surface area contributed by atoms with Crippen LogP contribution in [0.25, 0.3) is 4.85 Å². The lowest BCUT2D eigenvalue weighted by atomic mass is 10.5. The molecule has 0 bridgehead atoms. The van der Waals surface area contributed by atoms with E-state index in [1.165, 1.54) is 0 Å². The van der Waals surface area contributed by atoms with E-state index in [1.54, 1.807) is 21.3 Å². The monoisotopic (exact) mass is 189 g/mol. The van der Waals surface area contributed by atoms with Crippen molar-refractivity contribution >= 4 is 8.80 Å². The Morgan fingerprint density at radius 1 is 1.17 bits per heavy atom. The van der Waals surface area contributed by atoms with Crippen LogP contribution in [-0.4, -0.2) is 36.7 Å². The third-order valence-electron chi connectivity index (χ3n) is 1.69. The van der Waals surface area contributed by atoms with Crippen LogP contribution in [-0.2, 0) is 13.3 Å². The molecule has 0 heterocycles. The minimum absolute atomic E-state index is 0.505. The van der Waals surface area contributed by atoms with Gasteiger partial charge in [-0.3, -0.25) is 0 Å². The topological polar surface area (TPSA) is 32.0 Å². The Morgan fingerprint density at radius 3 is 2.00 bits per heavy atom. The predicted octanol–water partition coefficient (Wildman–Crippen LogP) is 1.17. The van der Waals surface area contributed by atoms with Gasteiger partial charge in [0.05, 0.1) is 0 Å². The maximum atomic E-state index is 6.60. The van der Waals surface area contributed by atoms with Gasteiger partial charge in [0.2, 0.25) is 6.54 Å². The van der Waals surface area contributed by atoms with Crippen molar-refractivity contribution in [2.45, 2.75) is 12.5 Å². The highest BCUT2D eigenvalue weighted by atomic mass is 28.4. The van der Waals surface area contributed by atoms with E-state index in [2.05, 4.69) is 4.85 Å². The number of hydrogen-bond donors (Lipinski definition) is 0. The van der Waals surface area contributed by atoms with Gasteiger partial charge in [-0.05, 0) is 0 Å².